The van der Waals surface area contributed by atoms with Crippen molar-refractivity contribution in [2.24, 2.45) is 5.92 Å². The fourth-order valence-electron chi connectivity index (χ4n) is 3.88. The molecule has 4 heteroatoms. The summed E-state index contributed by atoms with van der Waals surface area (Å²) >= 11 is 0. The maximum atomic E-state index is 6.12. The van der Waals surface area contributed by atoms with Gasteiger partial charge in [0.25, 0.3) is 0 Å². The van der Waals surface area contributed by atoms with Gasteiger partial charge in [0.05, 0.1) is 5.60 Å². The lowest BCUT2D eigenvalue weighted by Crippen LogP contribution is -2.68. The molecule has 0 saturated carbocycles. The Morgan fingerprint density at radius 3 is 2.68 bits per heavy atom. The molecule has 0 unspecified atom stereocenters. The summed E-state index contributed by atoms with van der Waals surface area (Å²) in [4.78, 5) is 2.61. The van der Waals surface area contributed by atoms with Crippen LogP contribution in [0.2, 0.25) is 0 Å². The molecule has 0 aliphatic carbocycles. The second-order valence-corrected chi connectivity index (χ2v) is 6.42. The molecule has 0 aromatic carbocycles. The molecule has 1 spiro atoms. The largest absolute Gasteiger partial charge is 0.385 e. The van der Waals surface area contributed by atoms with E-state index in [2.05, 4.69) is 4.90 Å². The van der Waals surface area contributed by atoms with Gasteiger partial charge in [-0.1, -0.05) is 0 Å². The zero-order chi connectivity index (χ0) is 13.1. The van der Waals surface area contributed by atoms with Crippen LogP contribution in [0.25, 0.3) is 0 Å². The number of ether oxygens (including phenoxy) is 3. The van der Waals surface area contributed by atoms with Crippen LogP contribution in [0.3, 0.4) is 0 Å². The SMILES string of the molecule is COCC[C@H]1CCOC2(C1)CN(C1CCOCC1)C2. The second-order valence-electron chi connectivity index (χ2n) is 6.42. The first-order valence-electron chi connectivity index (χ1n) is 7.76. The molecule has 3 aliphatic heterocycles. The van der Waals surface area contributed by atoms with Crippen LogP contribution < -0.4 is 0 Å². The van der Waals surface area contributed by atoms with Crippen molar-refractivity contribution in [2.45, 2.75) is 43.7 Å². The van der Waals surface area contributed by atoms with Crippen molar-refractivity contribution in [1.82, 2.24) is 4.90 Å². The van der Waals surface area contributed by atoms with Crippen molar-refractivity contribution >= 4 is 0 Å². The zero-order valence-corrected chi connectivity index (χ0v) is 12.1. The van der Waals surface area contributed by atoms with Crippen LogP contribution in [0.1, 0.15) is 32.1 Å². The number of methoxy groups -OCH3 is 1. The minimum Gasteiger partial charge on any atom is -0.385 e. The molecule has 19 heavy (non-hydrogen) atoms. The van der Waals surface area contributed by atoms with Crippen LogP contribution >= 0.6 is 0 Å². The van der Waals surface area contributed by atoms with E-state index >= 15 is 0 Å². The van der Waals surface area contributed by atoms with Crippen LogP contribution in [0.15, 0.2) is 0 Å². The Hall–Kier alpha value is -0.160. The number of likely N-dealkylation sites (tertiary alicyclic amines) is 1. The van der Waals surface area contributed by atoms with Gasteiger partial charge in [-0.05, 0) is 38.0 Å². The van der Waals surface area contributed by atoms with Crippen molar-refractivity contribution in [2.75, 3.05) is 46.6 Å². The average Bonchev–Trinajstić information content (AvgIpc) is 2.44. The van der Waals surface area contributed by atoms with Gasteiger partial charge < -0.3 is 14.2 Å². The topological polar surface area (TPSA) is 30.9 Å². The van der Waals surface area contributed by atoms with Gasteiger partial charge in [-0.3, -0.25) is 4.90 Å². The molecule has 1 atom stereocenters. The first kappa shape index (κ1) is 13.8. The number of hydrogen-bond donors (Lipinski definition) is 0. The minimum atomic E-state index is 0.176. The van der Waals surface area contributed by atoms with E-state index in [-0.39, 0.29) is 5.60 Å². The third kappa shape index (κ3) is 3.13. The molecule has 3 rings (SSSR count). The lowest BCUT2D eigenvalue weighted by molar-refractivity contribution is -0.195. The van der Waals surface area contributed by atoms with Crippen LogP contribution in [0.5, 0.6) is 0 Å². The Balaban J connectivity index is 1.47. The van der Waals surface area contributed by atoms with Crippen LogP contribution in [0.4, 0.5) is 0 Å². The Morgan fingerprint density at radius 2 is 1.95 bits per heavy atom. The molecule has 3 saturated heterocycles. The monoisotopic (exact) mass is 269 g/mol. The molecule has 110 valence electrons. The van der Waals surface area contributed by atoms with E-state index < -0.39 is 0 Å². The number of hydrogen-bond acceptors (Lipinski definition) is 4. The van der Waals surface area contributed by atoms with Gasteiger partial charge >= 0.3 is 0 Å². The van der Waals surface area contributed by atoms with Gasteiger partial charge in [0, 0.05) is 52.7 Å². The predicted molar refractivity (Wildman–Crippen MR) is 73.3 cm³/mol. The molecule has 0 aromatic heterocycles. The molecule has 0 bridgehead atoms. The fraction of sp³-hybridized carbons (Fsp3) is 1.00. The molecule has 4 nitrogen and oxygen atoms in total. The molecule has 3 aliphatic rings. The van der Waals surface area contributed by atoms with E-state index in [1.165, 1.54) is 32.1 Å². The highest BCUT2D eigenvalue weighted by molar-refractivity contribution is 5.02. The first-order valence-corrected chi connectivity index (χ1v) is 7.76. The van der Waals surface area contributed by atoms with Crippen LogP contribution in [-0.2, 0) is 14.2 Å². The third-order valence-electron chi connectivity index (χ3n) is 5.01. The number of nitrogens with zero attached hydrogens (tertiary/aromatic N) is 1. The lowest BCUT2D eigenvalue weighted by Gasteiger charge is -2.56. The maximum Gasteiger partial charge on any atom is 0.0937 e. The summed E-state index contributed by atoms with van der Waals surface area (Å²) in [5, 5.41) is 0. The molecule has 0 amide bonds. The maximum absolute atomic E-state index is 6.12. The quantitative estimate of drug-likeness (QED) is 0.777. The van der Waals surface area contributed by atoms with E-state index in [0.29, 0.717) is 0 Å². The first-order chi connectivity index (χ1) is 9.31. The molecule has 0 aromatic rings. The van der Waals surface area contributed by atoms with Gasteiger partial charge in [-0.2, -0.15) is 0 Å². The minimum absolute atomic E-state index is 0.176. The van der Waals surface area contributed by atoms with Crippen molar-refractivity contribution in [3.05, 3.63) is 0 Å². The smallest absolute Gasteiger partial charge is 0.0937 e. The molecular weight excluding hydrogens is 242 g/mol. The highest BCUT2D eigenvalue weighted by Crippen LogP contribution is 2.39. The Morgan fingerprint density at radius 1 is 1.16 bits per heavy atom. The standard InChI is InChI=1S/C15H27NO3/c1-17-6-2-13-3-9-19-15(10-13)11-16(12-15)14-4-7-18-8-5-14/h13-14H,2-12H2,1H3/t13-/m0/s1. The van der Waals surface area contributed by atoms with Crippen molar-refractivity contribution in [1.29, 1.82) is 0 Å². The van der Waals surface area contributed by atoms with Crippen molar-refractivity contribution in [3.63, 3.8) is 0 Å². The van der Waals surface area contributed by atoms with Gasteiger partial charge in [-0.15, -0.1) is 0 Å². The van der Waals surface area contributed by atoms with Gasteiger partial charge in [0.2, 0.25) is 0 Å². The van der Waals surface area contributed by atoms with Gasteiger partial charge in [0.1, 0.15) is 0 Å². The summed E-state index contributed by atoms with van der Waals surface area (Å²) in [6.07, 6.45) is 6.03. The molecule has 0 N–H and O–H groups in total. The Kier molecular flexibility index (Phi) is 4.42. The number of rotatable bonds is 4. The molecule has 3 heterocycles. The predicted octanol–water partition coefficient (Wildman–Crippen LogP) is 1.68. The summed E-state index contributed by atoms with van der Waals surface area (Å²) in [5.41, 5.74) is 0.176. The van der Waals surface area contributed by atoms with E-state index in [1.807, 2.05) is 0 Å². The van der Waals surface area contributed by atoms with Crippen molar-refractivity contribution in [3.8, 4) is 0 Å². The van der Waals surface area contributed by atoms with E-state index in [4.69, 9.17) is 14.2 Å². The van der Waals surface area contributed by atoms with E-state index in [1.54, 1.807) is 7.11 Å². The average molecular weight is 269 g/mol. The molecule has 0 radical (unpaired) electrons. The fourth-order valence-corrected chi connectivity index (χ4v) is 3.88. The third-order valence-corrected chi connectivity index (χ3v) is 5.01. The lowest BCUT2D eigenvalue weighted by atomic mass is 9.78. The summed E-state index contributed by atoms with van der Waals surface area (Å²) in [5.74, 6) is 0.797. The van der Waals surface area contributed by atoms with Gasteiger partial charge in [-0.25, -0.2) is 0 Å². The highest BCUT2D eigenvalue weighted by atomic mass is 16.5. The van der Waals surface area contributed by atoms with Gasteiger partial charge in [0.15, 0.2) is 0 Å². The van der Waals surface area contributed by atoms with E-state index in [9.17, 15) is 0 Å². The van der Waals surface area contributed by atoms with Crippen molar-refractivity contribution < 1.29 is 14.2 Å². The normalized spacial score (nSPS) is 32.4. The summed E-state index contributed by atoms with van der Waals surface area (Å²) in [6.45, 7) is 5.99. The van der Waals surface area contributed by atoms with E-state index in [0.717, 1.165) is 51.5 Å². The highest BCUT2D eigenvalue weighted by Gasteiger charge is 2.49. The summed E-state index contributed by atoms with van der Waals surface area (Å²) < 4.78 is 16.8. The Labute approximate surface area is 116 Å². The molecular formula is C15H27NO3. The summed E-state index contributed by atoms with van der Waals surface area (Å²) in [6, 6.07) is 0.738. The van der Waals surface area contributed by atoms with Crippen LogP contribution in [-0.4, -0.2) is 63.2 Å². The Bertz CT molecular complexity index is 285. The summed E-state index contributed by atoms with van der Waals surface area (Å²) in [7, 11) is 1.80. The zero-order valence-electron chi connectivity index (χ0n) is 12.1. The molecule has 3 fully saturated rings. The van der Waals surface area contributed by atoms with Crippen LogP contribution in [0, 0.1) is 5.92 Å². The second kappa shape index (κ2) is 6.08.